The molecule has 1 nitrogen and oxygen atoms in total. The fourth-order valence-corrected chi connectivity index (χ4v) is 7.04. The van der Waals surface area contributed by atoms with Gasteiger partial charge < -0.3 is 5.73 Å². The molecule has 1 atom stereocenters. The number of hydrogen-bond acceptors (Lipinski definition) is 2. The van der Waals surface area contributed by atoms with Crippen LogP contribution in [0.2, 0.25) is 0 Å². The highest BCUT2D eigenvalue weighted by Crippen LogP contribution is 2.61. The summed E-state index contributed by atoms with van der Waals surface area (Å²) >= 11 is 5.41. The number of nitrogens with two attached hydrogens (primary N) is 1. The van der Waals surface area contributed by atoms with Gasteiger partial charge in [0, 0.05) is 20.8 Å². The molecule has 0 aromatic carbocycles. The first-order valence-corrected chi connectivity index (χ1v) is 9.29. The monoisotopic (exact) mass is 339 g/mol. The Kier molecular flexibility index (Phi) is 3.09. The molecule has 1 unspecified atom stereocenters. The van der Waals surface area contributed by atoms with E-state index in [4.69, 9.17) is 5.73 Å². The van der Waals surface area contributed by atoms with Gasteiger partial charge >= 0.3 is 0 Å². The van der Waals surface area contributed by atoms with Gasteiger partial charge in [-0.3, -0.25) is 0 Å². The Morgan fingerprint density at radius 2 is 1.79 bits per heavy atom. The molecule has 1 aromatic rings. The molecule has 104 valence electrons. The molecule has 0 spiro atoms. The van der Waals surface area contributed by atoms with Crippen molar-refractivity contribution in [3.05, 3.63) is 20.8 Å². The quantitative estimate of drug-likeness (QED) is 0.855. The van der Waals surface area contributed by atoms with Crippen LogP contribution in [0.15, 0.2) is 15.9 Å². The van der Waals surface area contributed by atoms with E-state index in [-0.39, 0.29) is 0 Å². The lowest BCUT2D eigenvalue weighted by molar-refractivity contribution is -0.0666. The van der Waals surface area contributed by atoms with Crippen molar-refractivity contribution in [1.82, 2.24) is 0 Å². The van der Waals surface area contributed by atoms with E-state index in [1.54, 1.807) is 0 Å². The fourth-order valence-electron chi connectivity index (χ4n) is 5.53. The number of thiophene rings is 1. The van der Waals surface area contributed by atoms with Crippen LogP contribution in [0.25, 0.3) is 0 Å². The van der Waals surface area contributed by atoms with Gasteiger partial charge in [-0.1, -0.05) is 0 Å². The van der Waals surface area contributed by atoms with Crippen molar-refractivity contribution in [2.24, 2.45) is 28.9 Å². The van der Waals surface area contributed by atoms with Gasteiger partial charge in [0.25, 0.3) is 0 Å². The third kappa shape index (κ3) is 2.22. The summed E-state index contributed by atoms with van der Waals surface area (Å²) in [5.41, 5.74) is 7.20. The molecule has 1 aromatic heterocycles. The maximum Gasteiger partial charge on any atom is 0.0285 e. The molecular formula is C16H22BrNS. The van der Waals surface area contributed by atoms with Gasteiger partial charge in [-0.05, 0) is 90.1 Å². The van der Waals surface area contributed by atoms with Crippen LogP contribution in [-0.2, 0) is 6.42 Å². The molecule has 1 heterocycles. The summed E-state index contributed by atoms with van der Waals surface area (Å²) in [6.07, 6.45) is 9.89. The smallest absolute Gasteiger partial charge is 0.0285 e. The Balaban J connectivity index is 1.54. The van der Waals surface area contributed by atoms with E-state index in [2.05, 4.69) is 27.4 Å². The van der Waals surface area contributed by atoms with Crippen molar-refractivity contribution >= 4 is 27.3 Å². The van der Waals surface area contributed by atoms with Crippen LogP contribution in [0, 0.1) is 23.2 Å². The second-order valence-electron chi connectivity index (χ2n) is 7.32. The Labute approximate surface area is 128 Å². The fraction of sp³-hybridized carbons (Fsp3) is 0.750. The molecule has 0 radical (unpaired) electrons. The normalized spacial score (nSPS) is 41.7. The first-order valence-electron chi connectivity index (χ1n) is 7.61. The molecule has 4 aliphatic carbocycles. The zero-order valence-corrected chi connectivity index (χ0v) is 13.7. The van der Waals surface area contributed by atoms with Crippen LogP contribution < -0.4 is 5.73 Å². The minimum absolute atomic E-state index is 0.381. The standard InChI is InChI=1S/C16H22BrNS/c17-13-4-14(19-9-13)5-15(18)16-6-10-1-11(7-16)3-12(2-10)8-16/h4,9-12,15H,1-3,5-8,18H2. The third-order valence-corrected chi connectivity index (χ3v) is 7.63. The molecule has 4 aliphatic rings. The van der Waals surface area contributed by atoms with E-state index < -0.39 is 0 Å². The molecule has 0 saturated heterocycles. The lowest BCUT2D eigenvalue weighted by Gasteiger charge is -2.59. The Hall–Kier alpha value is 0.140. The zero-order valence-electron chi connectivity index (χ0n) is 11.3. The van der Waals surface area contributed by atoms with Gasteiger partial charge in [-0.25, -0.2) is 0 Å². The Morgan fingerprint density at radius 3 is 2.26 bits per heavy atom. The Morgan fingerprint density at radius 1 is 1.21 bits per heavy atom. The van der Waals surface area contributed by atoms with Crippen molar-refractivity contribution in [3.8, 4) is 0 Å². The predicted molar refractivity (Wildman–Crippen MR) is 84.3 cm³/mol. The van der Waals surface area contributed by atoms with Crippen molar-refractivity contribution < 1.29 is 0 Å². The highest BCUT2D eigenvalue weighted by Gasteiger charge is 2.53. The van der Waals surface area contributed by atoms with Crippen molar-refractivity contribution in [1.29, 1.82) is 0 Å². The molecule has 4 saturated carbocycles. The summed E-state index contributed by atoms with van der Waals surface area (Å²) in [6, 6.07) is 2.64. The maximum absolute atomic E-state index is 6.71. The maximum atomic E-state index is 6.71. The number of halogens is 1. The summed E-state index contributed by atoms with van der Waals surface area (Å²) in [4.78, 5) is 1.45. The number of hydrogen-bond donors (Lipinski definition) is 1. The van der Waals surface area contributed by atoms with E-state index in [1.165, 1.54) is 47.9 Å². The first-order chi connectivity index (χ1) is 9.13. The van der Waals surface area contributed by atoms with Crippen LogP contribution in [0.5, 0.6) is 0 Å². The minimum atomic E-state index is 0.381. The lowest BCUT2D eigenvalue weighted by atomic mass is 9.47. The summed E-state index contributed by atoms with van der Waals surface area (Å²) in [5, 5.41) is 2.18. The van der Waals surface area contributed by atoms with E-state index in [9.17, 15) is 0 Å². The minimum Gasteiger partial charge on any atom is -0.327 e. The molecule has 3 heteroatoms. The summed E-state index contributed by atoms with van der Waals surface area (Å²) in [6.45, 7) is 0. The van der Waals surface area contributed by atoms with E-state index >= 15 is 0 Å². The second kappa shape index (κ2) is 4.57. The van der Waals surface area contributed by atoms with Gasteiger partial charge in [0.15, 0.2) is 0 Å². The average Bonchev–Trinajstić information content (AvgIpc) is 2.73. The summed E-state index contributed by atoms with van der Waals surface area (Å²) in [7, 11) is 0. The first kappa shape index (κ1) is 12.8. The topological polar surface area (TPSA) is 26.0 Å². The van der Waals surface area contributed by atoms with Crippen LogP contribution in [-0.4, -0.2) is 6.04 Å². The molecule has 0 amide bonds. The van der Waals surface area contributed by atoms with E-state index in [0.717, 1.165) is 24.2 Å². The molecular weight excluding hydrogens is 318 g/mol. The SMILES string of the molecule is NC(Cc1cc(Br)cs1)C12CC3CC(CC(C3)C1)C2. The molecule has 19 heavy (non-hydrogen) atoms. The molecule has 4 fully saturated rings. The van der Waals surface area contributed by atoms with Crippen LogP contribution in [0.4, 0.5) is 0 Å². The van der Waals surface area contributed by atoms with Gasteiger partial charge in [0.05, 0.1) is 0 Å². The average molecular weight is 340 g/mol. The Bertz CT molecular complexity index is 446. The molecule has 0 aliphatic heterocycles. The van der Waals surface area contributed by atoms with Crippen LogP contribution in [0.3, 0.4) is 0 Å². The largest absolute Gasteiger partial charge is 0.327 e. The van der Waals surface area contributed by atoms with Gasteiger partial charge in [-0.15, -0.1) is 11.3 Å². The van der Waals surface area contributed by atoms with Gasteiger partial charge in [-0.2, -0.15) is 0 Å². The second-order valence-corrected chi connectivity index (χ2v) is 9.23. The molecule has 4 bridgehead atoms. The van der Waals surface area contributed by atoms with Crippen molar-refractivity contribution in [2.45, 2.75) is 51.0 Å². The van der Waals surface area contributed by atoms with Gasteiger partial charge in [0.2, 0.25) is 0 Å². The van der Waals surface area contributed by atoms with Gasteiger partial charge in [0.1, 0.15) is 0 Å². The summed E-state index contributed by atoms with van der Waals surface area (Å²) < 4.78 is 1.21. The highest BCUT2D eigenvalue weighted by molar-refractivity contribution is 9.10. The molecule has 2 N–H and O–H groups in total. The predicted octanol–water partition coefficient (Wildman–Crippen LogP) is 4.60. The van der Waals surface area contributed by atoms with Crippen LogP contribution >= 0.6 is 27.3 Å². The summed E-state index contributed by atoms with van der Waals surface area (Å²) in [5.74, 6) is 3.02. The van der Waals surface area contributed by atoms with E-state index in [0.29, 0.717) is 11.5 Å². The third-order valence-electron chi connectivity index (χ3n) is 5.92. The number of rotatable bonds is 3. The van der Waals surface area contributed by atoms with E-state index in [1.807, 2.05) is 11.3 Å². The lowest BCUT2D eigenvalue weighted by Crippen LogP contribution is -2.55. The van der Waals surface area contributed by atoms with Crippen molar-refractivity contribution in [2.75, 3.05) is 0 Å². The zero-order chi connectivity index (χ0) is 13.0. The molecule has 5 rings (SSSR count). The van der Waals surface area contributed by atoms with Crippen LogP contribution in [0.1, 0.15) is 43.4 Å². The highest BCUT2D eigenvalue weighted by atomic mass is 79.9. The van der Waals surface area contributed by atoms with Crippen molar-refractivity contribution in [3.63, 3.8) is 0 Å².